The lowest BCUT2D eigenvalue weighted by molar-refractivity contribution is -0.133. The van der Waals surface area contributed by atoms with Crippen molar-refractivity contribution in [2.75, 3.05) is 30.4 Å². The van der Waals surface area contributed by atoms with Crippen molar-refractivity contribution in [3.63, 3.8) is 0 Å². The van der Waals surface area contributed by atoms with E-state index in [1.807, 2.05) is 0 Å². The van der Waals surface area contributed by atoms with Crippen LogP contribution < -0.4 is 19.7 Å². The molecule has 0 radical (unpaired) electrons. The standard InChI is InChI=1S/C18H15ClN2O6/c1-26-15-7-12(11(19)6-10(15)18(24)25)20-16(22)8-21-9-17(23)27-14-5-3-2-4-13(14)21/h2-7H,8-9H2,1H3,(H,20,22)(H,24,25). The average molecular weight is 391 g/mol. The van der Waals surface area contributed by atoms with E-state index in [4.69, 9.17) is 26.2 Å². The molecular formula is C18H15ClN2O6. The maximum atomic E-state index is 12.4. The number of carboxylic acid groups (broad SMARTS) is 1. The van der Waals surface area contributed by atoms with Crippen LogP contribution in [0.2, 0.25) is 5.02 Å². The number of nitrogens with zero attached hydrogens (tertiary/aromatic N) is 1. The Hall–Kier alpha value is -3.26. The van der Waals surface area contributed by atoms with E-state index >= 15 is 0 Å². The SMILES string of the molecule is COc1cc(NC(=O)CN2CC(=O)Oc3ccccc32)c(Cl)cc1C(=O)O. The summed E-state index contributed by atoms with van der Waals surface area (Å²) in [7, 11) is 1.32. The summed E-state index contributed by atoms with van der Waals surface area (Å²) in [6.45, 7) is -0.190. The lowest BCUT2D eigenvalue weighted by Crippen LogP contribution is -2.41. The van der Waals surface area contributed by atoms with Crippen LogP contribution in [-0.4, -0.2) is 43.2 Å². The van der Waals surface area contributed by atoms with Crippen LogP contribution in [-0.2, 0) is 9.59 Å². The van der Waals surface area contributed by atoms with Gasteiger partial charge in [-0.25, -0.2) is 9.59 Å². The van der Waals surface area contributed by atoms with Gasteiger partial charge in [-0.3, -0.25) is 4.79 Å². The Balaban J connectivity index is 1.79. The normalized spacial score (nSPS) is 12.8. The zero-order valence-corrected chi connectivity index (χ0v) is 14.9. The van der Waals surface area contributed by atoms with Gasteiger partial charge in [0, 0.05) is 6.07 Å². The molecule has 1 heterocycles. The van der Waals surface area contributed by atoms with Gasteiger partial charge in [0.2, 0.25) is 5.91 Å². The van der Waals surface area contributed by atoms with Crippen molar-refractivity contribution in [2.24, 2.45) is 0 Å². The Bertz CT molecular complexity index is 930. The topological polar surface area (TPSA) is 105 Å². The van der Waals surface area contributed by atoms with E-state index in [9.17, 15) is 14.4 Å². The molecule has 0 atom stereocenters. The molecule has 1 aliphatic heterocycles. The first-order valence-electron chi connectivity index (χ1n) is 7.84. The molecule has 0 aliphatic carbocycles. The molecule has 0 fully saturated rings. The lowest BCUT2D eigenvalue weighted by atomic mass is 10.1. The highest BCUT2D eigenvalue weighted by molar-refractivity contribution is 6.34. The Morgan fingerprint density at radius 3 is 2.78 bits per heavy atom. The number of ether oxygens (including phenoxy) is 2. The van der Waals surface area contributed by atoms with Gasteiger partial charge in [0.25, 0.3) is 0 Å². The van der Waals surface area contributed by atoms with Crippen molar-refractivity contribution >= 4 is 40.8 Å². The van der Waals surface area contributed by atoms with E-state index in [1.54, 1.807) is 29.2 Å². The number of carbonyl (C=O) groups excluding carboxylic acids is 2. The van der Waals surface area contributed by atoms with Gasteiger partial charge in [0.1, 0.15) is 17.9 Å². The van der Waals surface area contributed by atoms with Crippen LogP contribution in [0.15, 0.2) is 36.4 Å². The number of rotatable bonds is 5. The number of nitrogens with one attached hydrogen (secondary N) is 1. The number of carboxylic acids is 1. The molecule has 3 rings (SSSR count). The fourth-order valence-corrected chi connectivity index (χ4v) is 2.90. The molecule has 2 aromatic carbocycles. The van der Waals surface area contributed by atoms with Crippen molar-refractivity contribution in [3.8, 4) is 11.5 Å². The zero-order chi connectivity index (χ0) is 19.6. The number of hydrogen-bond donors (Lipinski definition) is 2. The summed E-state index contributed by atoms with van der Waals surface area (Å²) in [6, 6.07) is 9.42. The van der Waals surface area contributed by atoms with E-state index in [0.717, 1.165) is 0 Å². The molecule has 1 amide bonds. The van der Waals surface area contributed by atoms with E-state index in [-0.39, 0.29) is 35.1 Å². The van der Waals surface area contributed by atoms with Crippen LogP contribution in [0.3, 0.4) is 0 Å². The quantitative estimate of drug-likeness (QED) is 0.596. The molecule has 0 saturated heterocycles. The predicted octanol–water partition coefficient (Wildman–Crippen LogP) is 2.41. The van der Waals surface area contributed by atoms with Crippen LogP contribution in [0.25, 0.3) is 0 Å². The minimum Gasteiger partial charge on any atom is -0.496 e. The van der Waals surface area contributed by atoms with Crippen molar-refractivity contribution in [1.82, 2.24) is 0 Å². The van der Waals surface area contributed by atoms with Crippen molar-refractivity contribution in [2.45, 2.75) is 0 Å². The Morgan fingerprint density at radius 2 is 2.07 bits per heavy atom. The minimum absolute atomic E-state index is 0.0556. The molecule has 2 N–H and O–H groups in total. The first-order chi connectivity index (χ1) is 12.9. The van der Waals surface area contributed by atoms with Crippen LogP contribution in [0, 0.1) is 0 Å². The number of benzene rings is 2. The molecule has 27 heavy (non-hydrogen) atoms. The predicted molar refractivity (Wildman–Crippen MR) is 97.9 cm³/mol. The van der Waals surface area contributed by atoms with Crippen molar-refractivity contribution in [3.05, 3.63) is 47.0 Å². The number of halogens is 1. The second-order valence-corrected chi connectivity index (χ2v) is 6.09. The molecule has 140 valence electrons. The van der Waals surface area contributed by atoms with Gasteiger partial charge in [0.15, 0.2) is 5.75 Å². The summed E-state index contributed by atoms with van der Waals surface area (Å²) in [5.74, 6) is -1.66. The van der Waals surface area contributed by atoms with Crippen molar-refractivity contribution in [1.29, 1.82) is 0 Å². The molecule has 0 aromatic heterocycles. The van der Waals surface area contributed by atoms with Gasteiger partial charge in [0.05, 0.1) is 30.1 Å². The summed E-state index contributed by atoms with van der Waals surface area (Å²) in [6.07, 6.45) is 0. The number of methoxy groups -OCH3 is 1. The maximum Gasteiger partial charge on any atom is 0.339 e. The lowest BCUT2D eigenvalue weighted by Gasteiger charge is -2.29. The third-order valence-electron chi connectivity index (χ3n) is 3.88. The number of aromatic carboxylic acids is 1. The molecule has 0 spiro atoms. The Labute approximate surface area is 159 Å². The smallest absolute Gasteiger partial charge is 0.339 e. The first kappa shape index (κ1) is 18.5. The fourth-order valence-electron chi connectivity index (χ4n) is 2.69. The van der Waals surface area contributed by atoms with E-state index in [0.29, 0.717) is 11.4 Å². The van der Waals surface area contributed by atoms with Crippen LogP contribution >= 0.6 is 11.6 Å². The number of esters is 1. The molecule has 9 heteroatoms. The summed E-state index contributed by atoms with van der Waals surface area (Å²) >= 11 is 6.07. The third-order valence-corrected chi connectivity index (χ3v) is 4.19. The van der Waals surface area contributed by atoms with Gasteiger partial charge >= 0.3 is 11.9 Å². The van der Waals surface area contributed by atoms with Gasteiger partial charge in [-0.1, -0.05) is 23.7 Å². The van der Waals surface area contributed by atoms with E-state index in [1.165, 1.54) is 19.2 Å². The number of para-hydroxylation sites is 2. The second kappa shape index (κ2) is 7.55. The third kappa shape index (κ3) is 3.95. The van der Waals surface area contributed by atoms with Gasteiger partial charge in [-0.05, 0) is 18.2 Å². The minimum atomic E-state index is -1.20. The number of anilines is 2. The van der Waals surface area contributed by atoms with Crippen LogP contribution in [0.4, 0.5) is 11.4 Å². The molecule has 1 aliphatic rings. The first-order valence-corrected chi connectivity index (χ1v) is 8.22. The monoisotopic (exact) mass is 390 g/mol. The summed E-state index contributed by atoms with van der Waals surface area (Å²) < 4.78 is 10.2. The Morgan fingerprint density at radius 1 is 1.33 bits per heavy atom. The number of fused-ring (bicyclic) bond motifs is 1. The summed E-state index contributed by atoms with van der Waals surface area (Å²) in [4.78, 5) is 37.0. The highest BCUT2D eigenvalue weighted by atomic mass is 35.5. The molecule has 0 bridgehead atoms. The Kier molecular flexibility index (Phi) is 5.18. The molecular weight excluding hydrogens is 376 g/mol. The van der Waals surface area contributed by atoms with Gasteiger partial charge < -0.3 is 24.8 Å². The average Bonchev–Trinajstić information content (AvgIpc) is 2.62. The number of hydrogen-bond acceptors (Lipinski definition) is 6. The molecule has 0 saturated carbocycles. The number of amides is 1. The summed E-state index contributed by atoms with van der Waals surface area (Å²) in [5, 5.41) is 11.8. The highest BCUT2D eigenvalue weighted by Crippen LogP contribution is 2.33. The van der Waals surface area contributed by atoms with E-state index in [2.05, 4.69) is 5.32 Å². The van der Waals surface area contributed by atoms with Gasteiger partial charge in [-0.2, -0.15) is 0 Å². The van der Waals surface area contributed by atoms with Crippen LogP contribution in [0.5, 0.6) is 11.5 Å². The fraction of sp³-hybridized carbons (Fsp3) is 0.167. The summed E-state index contributed by atoms with van der Waals surface area (Å²) in [5.41, 5.74) is 0.710. The molecule has 0 unspecified atom stereocenters. The van der Waals surface area contributed by atoms with Crippen LogP contribution in [0.1, 0.15) is 10.4 Å². The zero-order valence-electron chi connectivity index (χ0n) is 14.2. The largest absolute Gasteiger partial charge is 0.496 e. The highest BCUT2D eigenvalue weighted by Gasteiger charge is 2.25. The van der Waals surface area contributed by atoms with Gasteiger partial charge in [-0.15, -0.1) is 0 Å². The van der Waals surface area contributed by atoms with E-state index < -0.39 is 17.8 Å². The second-order valence-electron chi connectivity index (χ2n) is 5.68. The molecule has 2 aromatic rings. The van der Waals surface area contributed by atoms with Crippen molar-refractivity contribution < 1.29 is 29.0 Å². The number of carbonyl (C=O) groups is 3. The molecule has 8 nitrogen and oxygen atoms in total. The maximum absolute atomic E-state index is 12.4.